The fraction of sp³-hybridized carbons (Fsp3) is 0.333. The van der Waals surface area contributed by atoms with E-state index in [4.69, 9.17) is 48.9 Å². The molecule has 8 nitrogen and oxygen atoms in total. The standard InChI is InChI=1S/2C27H26NO2P.C6H12N2.2ClH.Ru/c2*1-18-16-20-10-4-6-12-22(20)24-25-23-13-7-5-11-21(23)17-19(2)27(25)30-31(29-26(18)24)28-14-8-3-9-15-28;7-5-3-1-2-4-6(5)8;;;/h2*4-7,10-13,16-17H,3,8-9,14-15H2,1-2H3;5-8H,1-4H2;2*1H;/q;;-2;;;+4/t;;5-,6-;;;/m..0.../s1. The maximum Gasteiger partial charge on any atom is -0.0548 e. The third-order valence-corrected chi connectivity index (χ3v) is 18.4. The monoisotopic (exact) mass is 1140 g/mol. The molecule has 0 spiro atoms. The van der Waals surface area contributed by atoms with Crippen LogP contribution in [0.25, 0.3) is 76.8 Å². The average Bonchev–Trinajstić information content (AvgIpc) is 3.73. The Morgan fingerprint density at radius 2 is 0.658 bits per heavy atom. The first kappa shape index (κ1) is 52.3. The minimum absolute atomic E-state index is 0.0799. The van der Waals surface area contributed by atoms with E-state index in [1.54, 1.807) is 0 Å². The van der Waals surface area contributed by atoms with Crippen molar-refractivity contribution in [1.29, 1.82) is 0 Å². The number of rotatable bonds is 2. The number of nitrogens with zero attached hydrogens (tertiary/aromatic N) is 2. The third-order valence-electron chi connectivity index (χ3n) is 15.0. The van der Waals surface area contributed by atoms with Crippen molar-refractivity contribution >= 4 is 79.5 Å². The van der Waals surface area contributed by atoms with E-state index in [1.165, 1.54) is 139 Å². The fourth-order valence-electron chi connectivity index (χ4n) is 11.3. The predicted molar refractivity (Wildman–Crippen MR) is 309 cm³/mol. The Morgan fingerprint density at radius 3 is 0.904 bits per heavy atom. The molecule has 0 bridgehead atoms. The van der Waals surface area contributed by atoms with Gasteiger partial charge in [0.2, 0.25) is 0 Å². The minimum atomic E-state index is -1.65. The molecule has 2 atom stereocenters. The summed E-state index contributed by atoms with van der Waals surface area (Å²) in [5.41, 5.74) is 24.0. The van der Waals surface area contributed by atoms with Crippen molar-refractivity contribution in [3.63, 3.8) is 0 Å². The van der Waals surface area contributed by atoms with Crippen molar-refractivity contribution in [3.8, 4) is 45.3 Å². The van der Waals surface area contributed by atoms with Gasteiger partial charge < -0.3 is 11.5 Å². The summed E-state index contributed by atoms with van der Waals surface area (Å²) in [6.45, 7) is 12.9. The Bertz CT molecular complexity index is 2860. The van der Waals surface area contributed by atoms with Gasteiger partial charge in [-0.2, -0.15) is 12.1 Å². The van der Waals surface area contributed by atoms with Crippen LogP contribution < -0.4 is 18.1 Å². The summed E-state index contributed by atoms with van der Waals surface area (Å²) in [4.78, 5) is 0. The average molecular weight is 1140 g/mol. The van der Waals surface area contributed by atoms with E-state index in [2.05, 4.69) is 158 Å². The topological polar surface area (TPSA) is 91.0 Å². The van der Waals surface area contributed by atoms with Crippen molar-refractivity contribution in [1.82, 2.24) is 9.34 Å². The zero-order valence-electron chi connectivity index (χ0n) is 42.2. The van der Waals surface area contributed by atoms with Crippen LogP contribution in [0.3, 0.4) is 0 Å². The molecule has 1 saturated carbocycles. The molecular weight excluding hydrogens is 1070 g/mol. The molecule has 2 saturated heterocycles. The van der Waals surface area contributed by atoms with Gasteiger partial charge in [-0.3, -0.25) is 18.1 Å². The summed E-state index contributed by atoms with van der Waals surface area (Å²) in [7, 11) is 6.40. The number of aryl methyl sites for hydroxylation is 4. The molecule has 2 N–H and O–H groups in total. The van der Waals surface area contributed by atoms with Gasteiger partial charge in [-0.05, 0) is 143 Å². The molecule has 4 heterocycles. The van der Waals surface area contributed by atoms with Crippen LogP contribution in [-0.4, -0.2) is 47.6 Å². The van der Waals surface area contributed by atoms with Crippen molar-refractivity contribution in [2.24, 2.45) is 0 Å². The van der Waals surface area contributed by atoms with Gasteiger partial charge in [0.1, 0.15) is 0 Å². The summed E-state index contributed by atoms with van der Waals surface area (Å²) in [5.74, 6) is 3.97. The van der Waals surface area contributed by atoms with Crippen molar-refractivity contribution in [2.75, 3.05) is 26.2 Å². The molecule has 8 aromatic carbocycles. The number of benzene rings is 8. The largest absolute Gasteiger partial charge is 0.676 e. The van der Waals surface area contributed by atoms with E-state index in [1.807, 2.05) is 0 Å². The Kier molecular flexibility index (Phi) is 17.1. The molecular formula is C60H66Cl2N4O4P2Ru+2. The Labute approximate surface area is 449 Å². The number of hydrogen-bond donors (Lipinski definition) is 0. The van der Waals surface area contributed by atoms with Gasteiger partial charge in [0, 0.05) is 48.4 Å². The van der Waals surface area contributed by atoms with Gasteiger partial charge in [-0.1, -0.05) is 136 Å². The van der Waals surface area contributed by atoms with Gasteiger partial charge in [0.05, 0.1) is 0 Å². The molecule has 3 fully saturated rings. The predicted octanol–water partition coefficient (Wildman–Crippen LogP) is 18.8. The number of nitrogens with one attached hydrogen (secondary N) is 2. The molecule has 0 unspecified atom stereocenters. The zero-order valence-corrected chi connectivity index (χ0v) is 47.5. The molecule has 1 aliphatic carbocycles. The van der Waals surface area contributed by atoms with Gasteiger partial charge in [0.25, 0.3) is 0 Å². The molecule has 5 aliphatic rings. The van der Waals surface area contributed by atoms with E-state index < -0.39 is 17.1 Å². The number of halogens is 2. The SMILES string of the molecule is Cc1cc2ccccc2c2c1O[PH+](N1CCCCC1)Oc1c(C)cc3ccccc3c1-2.Cc1cc2ccccc2c2c1O[PH+](N1CCCCC1)Oc1c(C)cc3ccccc3c1-2.[Cl][Ru+2][Cl].[NH-][C@H]1CCCC[C@@H]1[NH-]. The van der Waals surface area contributed by atoms with E-state index >= 15 is 0 Å². The quantitative estimate of drug-likeness (QED) is 0.127. The summed E-state index contributed by atoms with van der Waals surface area (Å²) in [6, 6.07) is 43.5. The normalized spacial score (nSPS) is 19.0. The van der Waals surface area contributed by atoms with Crippen LogP contribution in [0.2, 0.25) is 0 Å². The van der Waals surface area contributed by atoms with Gasteiger partial charge >= 0.3 is 51.6 Å². The molecule has 0 aromatic heterocycles. The maximum atomic E-state index is 7.29. The summed E-state index contributed by atoms with van der Waals surface area (Å²) in [6.07, 6.45) is 11.7. The Hall–Kier alpha value is -4.10. The van der Waals surface area contributed by atoms with E-state index in [0.29, 0.717) is 0 Å². The Balaban J connectivity index is 0.000000139. The molecule has 13 rings (SSSR count). The molecule has 73 heavy (non-hydrogen) atoms. The number of hydrogen-bond acceptors (Lipinski definition) is 6. The molecule has 8 aromatic rings. The van der Waals surface area contributed by atoms with Crippen molar-refractivity contribution < 1.29 is 33.2 Å². The summed E-state index contributed by atoms with van der Waals surface area (Å²) >= 11 is -0.346. The first-order valence-corrected chi connectivity index (χ1v) is 33.0. The molecule has 4 aliphatic heterocycles. The number of fused-ring (bicyclic) bond motifs is 14. The van der Waals surface area contributed by atoms with Crippen LogP contribution in [0.1, 0.15) is 86.5 Å². The van der Waals surface area contributed by atoms with Crippen LogP contribution in [-0.2, 0) is 15.1 Å². The molecule has 13 heteroatoms. The third kappa shape index (κ3) is 11.1. The van der Waals surface area contributed by atoms with E-state index in [9.17, 15) is 0 Å². The van der Waals surface area contributed by atoms with Crippen LogP contribution in [0.4, 0.5) is 0 Å². The maximum absolute atomic E-state index is 7.29. The van der Waals surface area contributed by atoms with E-state index in [-0.39, 0.29) is 27.2 Å². The summed E-state index contributed by atoms with van der Waals surface area (Å²) in [5, 5.41) is 9.88. The van der Waals surface area contributed by atoms with Gasteiger partial charge in [-0.25, -0.2) is 0 Å². The smallest absolute Gasteiger partial charge is 0.0548 e. The zero-order chi connectivity index (χ0) is 50.6. The first-order chi connectivity index (χ1) is 35.6. The van der Waals surface area contributed by atoms with Crippen LogP contribution in [0, 0.1) is 27.7 Å². The van der Waals surface area contributed by atoms with Gasteiger partial charge in [0.15, 0.2) is 23.0 Å². The van der Waals surface area contributed by atoms with Crippen LogP contribution in [0.5, 0.6) is 23.0 Å². The Morgan fingerprint density at radius 1 is 0.411 bits per heavy atom. The van der Waals surface area contributed by atoms with Crippen LogP contribution >= 0.6 is 36.4 Å². The molecule has 380 valence electrons. The first-order valence-electron chi connectivity index (χ1n) is 26.0. The van der Waals surface area contributed by atoms with Gasteiger partial charge in [-0.15, -0.1) is 9.34 Å². The van der Waals surface area contributed by atoms with Crippen molar-refractivity contribution in [3.05, 3.63) is 155 Å². The second-order valence-corrected chi connectivity index (χ2v) is 25.8. The van der Waals surface area contributed by atoms with Crippen LogP contribution in [0.15, 0.2) is 121 Å². The second-order valence-electron chi connectivity index (χ2n) is 20.1. The molecule has 0 radical (unpaired) electrons. The minimum Gasteiger partial charge on any atom is -0.676 e. The fourth-order valence-corrected chi connectivity index (χ4v) is 15.0. The van der Waals surface area contributed by atoms with E-state index in [0.717, 1.165) is 62.0 Å². The summed E-state index contributed by atoms with van der Waals surface area (Å²) < 4.78 is 32.2. The molecule has 0 amide bonds. The van der Waals surface area contributed by atoms with Crippen molar-refractivity contribution in [2.45, 2.75) is 104 Å². The number of piperidine rings is 2. The second kappa shape index (κ2) is 23.8.